The lowest BCUT2D eigenvalue weighted by Gasteiger charge is -2.29. The summed E-state index contributed by atoms with van der Waals surface area (Å²) in [5, 5.41) is 2.27. The van der Waals surface area contributed by atoms with Crippen LogP contribution < -0.4 is 10.6 Å². The summed E-state index contributed by atoms with van der Waals surface area (Å²) in [6, 6.07) is 62.3. The molecule has 1 aliphatic heterocycles. The molecule has 0 fully saturated rings. The number of hydrogen-bond donors (Lipinski definition) is 1. The molecule has 2 unspecified atom stereocenters. The van der Waals surface area contributed by atoms with E-state index in [4.69, 9.17) is 10.7 Å². The molecule has 0 amide bonds. The summed E-state index contributed by atoms with van der Waals surface area (Å²) in [5.74, 6) is 0.638. The Morgan fingerprint density at radius 3 is 2.19 bits per heavy atom. The summed E-state index contributed by atoms with van der Waals surface area (Å²) in [6.45, 7) is 4.44. The van der Waals surface area contributed by atoms with Gasteiger partial charge in [0.1, 0.15) is 0 Å². The number of allylic oxidation sites excluding steroid dienone is 4. The second kappa shape index (κ2) is 14.3. The summed E-state index contributed by atoms with van der Waals surface area (Å²) in [5.41, 5.74) is 21.6. The summed E-state index contributed by atoms with van der Waals surface area (Å²) < 4.78 is 2.05. The number of nitrogens with two attached hydrogens (primary N) is 1. The molecule has 2 N–H and O–H groups in total. The van der Waals surface area contributed by atoms with E-state index in [1.165, 1.54) is 39.2 Å². The number of aromatic nitrogens is 1. The van der Waals surface area contributed by atoms with Crippen molar-refractivity contribution in [3.63, 3.8) is 0 Å². The Morgan fingerprint density at radius 1 is 0.614 bits per heavy atom. The maximum Gasteiger partial charge on any atom is 0.205 e. The van der Waals surface area contributed by atoms with Crippen molar-refractivity contribution in [2.75, 3.05) is 4.90 Å². The van der Waals surface area contributed by atoms with Crippen LogP contribution >= 0.6 is 0 Å². The first-order valence-corrected chi connectivity index (χ1v) is 19.4. The van der Waals surface area contributed by atoms with Crippen LogP contribution in [0.25, 0.3) is 55.2 Å². The maximum absolute atomic E-state index is 6.84. The molecule has 4 heteroatoms. The number of anilines is 2. The number of nitrogens with zero attached hydrogens (tertiary/aromatic N) is 3. The Hall–Kier alpha value is -7.43. The topological polar surface area (TPSA) is 46.5 Å². The highest BCUT2D eigenvalue weighted by atomic mass is 15.2. The lowest BCUT2D eigenvalue weighted by Crippen LogP contribution is -2.28. The van der Waals surface area contributed by atoms with E-state index < -0.39 is 0 Å². The largest absolute Gasteiger partial charge is 0.369 e. The maximum atomic E-state index is 6.84. The third-order valence-electron chi connectivity index (χ3n) is 11.4. The lowest BCUT2D eigenvalue weighted by atomic mass is 9.86. The number of para-hydroxylation sites is 3. The molecule has 1 aromatic heterocycles. The smallest absolute Gasteiger partial charge is 0.205 e. The van der Waals surface area contributed by atoms with E-state index in [0.717, 1.165) is 44.1 Å². The zero-order chi connectivity index (χ0) is 38.3. The minimum atomic E-state index is 0.221. The second-order valence-electron chi connectivity index (χ2n) is 14.7. The van der Waals surface area contributed by atoms with Gasteiger partial charge in [0.15, 0.2) is 0 Å². The standard InChI is InChI=1S/C53H40N4/c1-36(43-21-8-9-22-44(43)41-18-14-17-38(33-41)37-15-4-2-5-16-37)31-32-55-53(54)57-50-26-13-11-24-46(50)48-35-40(28-30-52(48)57)39-27-29-51-47(34-39)45-23-10-12-25-49(45)56(51)42-19-6-3-7-20-42/h2-35,47,51H,1H2,(H2,54,55)/b32-31-. The molecule has 0 bridgehead atoms. The molecule has 0 spiro atoms. The van der Waals surface area contributed by atoms with Gasteiger partial charge >= 0.3 is 0 Å². The molecule has 0 radical (unpaired) electrons. The van der Waals surface area contributed by atoms with Gasteiger partial charge in [0.05, 0.1) is 17.1 Å². The minimum absolute atomic E-state index is 0.221. The average Bonchev–Trinajstić information content (AvgIpc) is 3.79. The Kier molecular flexibility index (Phi) is 8.57. The van der Waals surface area contributed by atoms with Crippen molar-refractivity contribution >= 4 is 50.3 Å². The van der Waals surface area contributed by atoms with Crippen LogP contribution in [0.3, 0.4) is 0 Å². The van der Waals surface area contributed by atoms with Gasteiger partial charge in [0.25, 0.3) is 0 Å². The van der Waals surface area contributed by atoms with Gasteiger partial charge in [-0.1, -0.05) is 158 Å². The van der Waals surface area contributed by atoms with Crippen LogP contribution in [0.1, 0.15) is 22.6 Å². The van der Waals surface area contributed by atoms with E-state index >= 15 is 0 Å². The quantitative estimate of drug-likeness (QED) is 0.101. The normalized spacial score (nSPS) is 16.2. The molecular weight excluding hydrogens is 693 g/mol. The third kappa shape index (κ3) is 6.09. The molecule has 2 atom stereocenters. The minimum Gasteiger partial charge on any atom is -0.369 e. The van der Waals surface area contributed by atoms with Gasteiger partial charge in [-0.25, -0.2) is 4.99 Å². The first-order valence-electron chi connectivity index (χ1n) is 19.4. The van der Waals surface area contributed by atoms with Gasteiger partial charge in [-0.05, 0) is 98.6 Å². The lowest BCUT2D eigenvalue weighted by molar-refractivity contribution is 0.747. The molecule has 272 valence electrons. The number of fused-ring (bicyclic) bond motifs is 6. The van der Waals surface area contributed by atoms with Gasteiger partial charge < -0.3 is 10.6 Å². The second-order valence-corrected chi connectivity index (χ2v) is 14.7. The summed E-state index contributed by atoms with van der Waals surface area (Å²) in [6.07, 6.45) is 10.8. The van der Waals surface area contributed by atoms with E-state index in [9.17, 15) is 0 Å². The molecule has 8 aromatic rings. The van der Waals surface area contributed by atoms with Crippen molar-refractivity contribution in [1.82, 2.24) is 4.57 Å². The molecule has 57 heavy (non-hydrogen) atoms. The SMILES string of the molecule is C=C(/C=C\N=C(/N)n1c2ccccc2c2cc(C3=CC4c5ccccc5N(c5ccccc5)C4C=C3)ccc21)c1ccccc1-c1cccc(-c2ccccc2)c1. The molecule has 2 aliphatic rings. The van der Waals surface area contributed by atoms with Crippen molar-refractivity contribution in [1.29, 1.82) is 0 Å². The van der Waals surface area contributed by atoms with Crippen LogP contribution in [-0.4, -0.2) is 16.6 Å². The number of aliphatic imine (C=N–C) groups is 1. The first-order chi connectivity index (χ1) is 28.1. The Labute approximate surface area is 333 Å². The fraction of sp³-hybridized carbons (Fsp3) is 0.0377. The van der Waals surface area contributed by atoms with E-state index in [-0.39, 0.29) is 12.0 Å². The fourth-order valence-corrected chi connectivity index (χ4v) is 8.69. The summed E-state index contributed by atoms with van der Waals surface area (Å²) in [4.78, 5) is 7.25. The fourth-order valence-electron chi connectivity index (χ4n) is 8.69. The van der Waals surface area contributed by atoms with E-state index in [2.05, 4.69) is 198 Å². The Balaban J connectivity index is 0.955. The van der Waals surface area contributed by atoms with Gasteiger partial charge in [0.2, 0.25) is 5.96 Å². The van der Waals surface area contributed by atoms with E-state index in [1.807, 2.05) is 18.2 Å². The van der Waals surface area contributed by atoms with Crippen molar-refractivity contribution in [2.24, 2.45) is 10.7 Å². The van der Waals surface area contributed by atoms with Crippen LogP contribution in [-0.2, 0) is 0 Å². The highest BCUT2D eigenvalue weighted by Crippen LogP contribution is 2.49. The van der Waals surface area contributed by atoms with Crippen molar-refractivity contribution in [3.05, 3.63) is 230 Å². The van der Waals surface area contributed by atoms with Crippen LogP contribution in [0.4, 0.5) is 11.4 Å². The number of benzene rings is 7. The van der Waals surface area contributed by atoms with Crippen LogP contribution in [0, 0.1) is 0 Å². The van der Waals surface area contributed by atoms with Crippen LogP contribution in [0.5, 0.6) is 0 Å². The predicted molar refractivity (Wildman–Crippen MR) is 241 cm³/mol. The van der Waals surface area contributed by atoms with Crippen molar-refractivity contribution in [2.45, 2.75) is 12.0 Å². The highest BCUT2D eigenvalue weighted by molar-refractivity contribution is 6.14. The number of rotatable bonds is 7. The van der Waals surface area contributed by atoms with E-state index in [1.54, 1.807) is 6.20 Å². The van der Waals surface area contributed by atoms with Gasteiger partial charge in [0, 0.05) is 34.3 Å². The predicted octanol–water partition coefficient (Wildman–Crippen LogP) is 12.8. The van der Waals surface area contributed by atoms with Gasteiger partial charge in [-0.2, -0.15) is 0 Å². The van der Waals surface area contributed by atoms with E-state index in [0.29, 0.717) is 5.96 Å². The van der Waals surface area contributed by atoms with Gasteiger partial charge in [-0.15, -0.1) is 0 Å². The molecule has 1 aliphatic carbocycles. The summed E-state index contributed by atoms with van der Waals surface area (Å²) >= 11 is 0. The first kappa shape index (κ1) is 34.1. The molecular formula is C53H40N4. The van der Waals surface area contributed by atoms with Crippen molar-refractivity contribution in [3.8, 4) is 22.3 Å². The zero-order valence-corrected chi connectivity index (χ0v) is 31.4. The van der Waals surface area contributed by atoms with Crippen molar-refractivity contribution < 1.29 is 0 Å². The molecule has 2 heterocycles. The molecule has 0 saturated heterocycles. The monoisotopic (exact) mass is 732 g/mol. The van der Waals surface area contributed by atoms with Crippen LogP contribution in [0.2, 0.25) is 0 Å². The molecule has 0 saturated carbocycles. The summed E-state index contributed by atoms with van der Waals surface area (Å²) in [7, 11) is 0. The average molecular weight is 733 g/mol. The van der Waals surface area contributed by atoms with Crippen LogP contribution in [0.15, 0.2) is 218 Å². The number of hydrogen-bond acceptors (Lipinski definition) is 2. The third-order valence-corrected chi connectivity index (χ3v) is 11.4. The highest BCUT2D eigenvalue weighted by Gasteiger charge is 2.38. The van der Waals surface area contributed by atoms with Gasteiger partial charge in [-0.3, -0.25) is 4.57 Å². The molecule has 4 nitrogen and oxygen atoms in total. The molecule has 7 aromatic carbocycles. The Bertz CT molecular complexity index is 2950. The zero-order valence-electron chi connectivity index (χ0n) is 31.4. The Morgan fingerprint density at radius 2 is 1.32 bits per heavy atom. The molecule has 10 rings (SSSR count).